The lowest BCUT2D eigenvalue weighted by molar-refractivity contribution is -0.127. The van der Waals surface area contributed by atoms with Gasteiger partial charge in [0, 0.05) is 0 Å². The minimum absolute atomic E-state index is 0.125. The molecule has 0 amide bonds. The first kappa shape index (κ1) is 15.6. The monoisotopic (exact) mass is 299 g/mol. The van der Waals surface area contributed by atoms with Gasteiger partial charge in [-0.1, -0.05) is 47.6 Å². The molecule has 0 aliphatic heterocycles. The number of hydrogen-bond acceptors (Lipinski definition) is 5. The molecule has 0 aliphatic rings. The molecule has 0 aliphatic carbocycles. The molecule has 0 fully saturated rings. The second-order valence-corrected chi connectivity index (χ2v) is 4.47. The molecule has 0 N–H and O–H groups in total. The van der Waals surface area contributed by atoms with Crippen molar-refractivity contribution in [3.05, 3.63) is 60.2 Å². The molecule has 0 radical (unpaired) electrons. The van der Waals surface area contributed by atoms with Crippen molar-refractivity contribution in [2.24, 2.45) is 5.16 Å². The Morgan fingerprint density at radius 1 is 1.00 bits per heavy atom. The summed E-state index contributed by atoms with van der Waals surface area (Å²) in [6, 6.07) is 16.7. The first-order valence-electron chi connectivity index (χ1n) is 6.76. The summed E-state index contributed by atoms with van der Waals surface area (Å²) in [6.07, 6.45) is 0. The van der Waals surface area contributed by atoms with Crippen LogP contribution in [0.4, 0.5) is 0 Å². The summed E-state index contributed by atoms with van der Waals surface area (Å²) in [5.74, 6) is 0.247. The van der Waals surface area contributed by atoms with Gasteiger partial charge in [-0.15, -0.1) is 0 Å². The quantitative estimate of drug-likeness (QED) is 0.356. The van der Waals surface area contributed by atoms with Crippen LogP contribution in [0.5, 0.6) is 11.5 Å². The van der Waals surface area contributed by atoms with Gasteiger partial charge in [0.15, 0.2) is 17.2 Å². The minimum atomic E-state index is -0.586. The van der Waals surface area contributed by atoms with Crippen LogP contribution in [0.2, 0.25) is 0 Å². The summed E-state index contributed by atoms with van der Waals surface area (Å²) in [5.41, 5.74) is 1.15. The fourth-order valence-corrected chi connectivity index (χ4v) is 1.74. The molecule has 22 heavy (non-hydrogen) atoms. The molecule has 0 spiro atoms. The molecular formula is C17H17NO4. The Morgan fingerprint density at radius 3 is 2.32 bits per heavy atom. The van der Waals surface area contributed by atoms with E-state index in [1.807, 2.05) is 36.4 Å². The molecule has 2 rings (SSSR count). The van der Waals surface area contributed by atoms with Crippen molar-refractivity contribution in [3.63, 3.8) is 0 Å². The lowest BCUT2D eigenvalue weighted by Crippen LogP contribution is -2.18. The van der Waals surface area contributed by atoms with Crippen LogP contribution >= 0.6 is 0 Å². The average molecular weight is 299 g/mol. The van der Waals surface area contributed by atoms with Crippen molar-refractivity contribution in [2.75, 3.05) is 7.11 Å². The number of carbonyl (C=O) groups is 1. The summed E-state index contributed by atoms with van der Waals surface area (Å²) >= 11 is 0. The Balaban J connectivity index is 2.07. The molecule has 114 valence electrons. The molecule has 5 heteroatoms. The molecule has 2 aromatic rings. The molecular weight excluding hydrogens is 282 g/mol. The average Bonchev–Trinajstić information content (AvgIpc) is 2.55. The maximum absolute atomic E-state index is 11.8. The van der Waals surface area contributed by atoms with E-state index < -0.39 is 5.97 Å². The summed E-state index contributed by atoms with van der Waals surface area (Å²) in [6.45, 7) is 1.90. The Labute approximate surface area is 129 Å². The largest absolute Gasteiger partial charge is 0.485 e. The highest BCUT2D eigenvalue weighted by atomic mass is 16.6. The number of benzene rings is 2. The van der Waals surface area contributed by atoms with Gasteiger partial charge in [-0.2, -0.15) is 0 Å². The Kier molecular flexibility index (Phi) is 5.54. The van der Waals surface area contributed by atoms with Crippen molar-refractivity contribution in [2.45, 2.75) is 13.5 Å². The third-order valence-corrected chi connectivity index (χ3v) is 2.81. The van der Waals surface area contributed by atoms with Crippen LogP contribution in [-0.2, 0) is 16.2 Å². The Hall–Kier alpha value is -2.82. The lowest BCUT2D eigenvalue weighted by Gasteiger charge is -2.11. The number of esters is 1. The molecule has 0 saturated heterocycles. The van der Waals surface area contributed by atoms with E-state index in [-0.39, 0.29) is 5.71 Å². The van der Waals surface area contributed by atoms with E-state index in [1.165, 1.54) is 14.0 Å². The van der Waals surface area contributed by atoms with E-state index in [9.17, 15) is 4.79 Å². The van der Waals surface area contributed by atoms with Crippen LogP contribution in [0.3, 0.4) is 0 Å². The van der Waals surface area contributed by atoms with E-state index in [4.69, 9.17) is 9.47 Å². The van der Waals surface area contributed by atoms with Crippen LogP contribution in [0.15, 0.2) is 59.8 Å². The topological polar surface area (TPSA) is 57.1 Å². The van der Waals surface area contributed by atoms with Gasteiger partial charge in [0.25, 0.3) is 0 Å². The zero-order chi connectivity index (χ0) is 15.8. The van der Waals surface area contributed by atoms with Crippen molar-refractivity contribution >= 4 is 11.7 Å². The van der Waals surface area contributed by atoms with Crippen LogP contribution in [0, 0.1) is 0 Å². The third-order valence-electron chi connectivity index (χ3n) is 2.81. The maximum Gasteiger partial charge on any atom is 0.361 e. The van der Waals surface area contributed by atoms with Gasteiger partial charge >= 0.3 is 5.97 Å². The summed E-state index contributed by atoms with van der Waals surface area (Å²) in [7, 11) is 1.37. The van der Waals surface area contributed by atoms with Crippen LogP contribution < -0.4 is 9.47 Å². The molecule has 0 bridgehead atoms. The molecule has 0 atom stereocenters. The predicted octanol–water partition coefficient (Wildman–Crippen LogP) is 3.19. The molecule has 0 saturated carbocycles. The number of ether oxygens (including phenoxy) is 2. The smallest absolute Gasteiger partial charge is 0.361 e. The van der Waals surface area contributed by atoms with Gasteiger partial charge in [-0.05, 0) is 24.6 Å². The summed E-state index contributed by atoms with van der Waals surface area (Å²) in [4.78, 5) is 16.4. The number of nitrogens with zero attached hydrogens (tertiary/aromatic N) is 1. The van der Waals surface area contributed by atoms with Gasteiger partial charge in [0.2, 0.25) is 0 Å². The van der Waals surface area contributed by atoms with E-state index in [0.29, 0.717) is 18.1 Å². The number of carbonyl (C=O) groups excluding carboxylic acids is 1. The van der Waals surface area contributed by atoms with Crippen LogP contribution in [0.25, 0.3) is 0 Å². The van der Waals surface area contributed by atoms with E-state index in [1.54, 1.807) is 18.2 Å². The number of hydrogen-bond donors (Lipinski definition) is 0. The third kappa shape index (κ3) is 4.34. The molecule has 0 heterocycles. The Bertz CT molecular complexity index is 653. The normalized spacial score (nSPS) is 10.9. The van der Waals surface area contributed by atoms with Crippen molar-refractivity contribution < 1.29 is 19.1 Å². The second kappa shape index (κ2) is 7.83. The SMILES string of the molecule is CON=C(C)C(=O)Oc1ccccc1OCc1ccccc1. The molecule has 5 nitrogen and oxygen atoms in total. The minimum Gasteiger partial charge on any atom is -0.485 e. The Morgan fingerprint density at radius 2 is 1.64 bits per heavy atom. The summed E-state index contributed by atoms with van der Waals surface area (Å²) < 4.78 is 11.0. The second-order valence-electron chi connectivity index (χ2n) is 4.47. The van der Waals surface area contributed by atoms with Crippen molar-refractivity contribution in [3.8, 4) is 11.5 Å². The van der Waals surface area contributed by atoms with Gasteiger partial charge in [0.05, 0.1) is 0 Å². The molecule has 0 aromatic heterocycles. The van der Waals surface area contributed by atoms with Crippen LogP contribution in [-0.4, -0.2) is 18.8 Å². The van der Waals surface area contributed by atoms with Gasteiger partial charge in [-0.25, -0.2) is 4.79 Å². The zero-order valence-electron chi connectivity index (χ0n) is 12.5. The van der Waals surface area contributed by atoms with E-state index in [2.05, 4.69) is 9.99 Å². The first-order valence-corrected chi connectivity index (χ1v) is 6.76. The fraction of sp³-hybridized carbons (Fsp3) is 0.176. The molecule has 2 aromatic carbocycles. The maximum atomic E-state index is 11.8. The van der Waals surface area contributed by atoms with Gasteiger partial charge in [-0.3, -0.25) is 0 Å². The van der Waals surface area contributed by atoms with E-state index in [0.717, 1.165) is 5.56 Å². The predicted molar refractivity (Wildman–Crippen MR) is 83.0 cm³/mol. The highest BCUT2D eigenvalue weighted by molar-refractivity contribution is 6.35. The number of rotatable bonds is 6. The van der Waals surface area contributed by atoms with Crippen molar-refractivity contribution in [1.82, 2.24) is 0 Å². The number of oxime groups is 1. The highest BCUT2D eigenvalue weighted by Gasteiger charge is 2.13. The van der Waals surface area contributed by atoms with Gasteiger partial charge in [0.1, 0.15) is 13.7 Å². The first-order chi connectivity index (χ1) is 10.7. The van der Waals surface area contributed by atoms with Crippen molar-refractivity contribution in [1.29, 1.82) is 0 Å². The fourth-order valence-electron chi connectivity index (χ4n) is 1.74. The van der Waals surface area contributed by atoms with E-state index >= 15 is 0 Å². The highest BCUT2D eigenvalue weighted by Crippen LogP contribution is 2.27. The zero-order valence-corrected chi connectivity index (χ0v) is 12.5. The van der Waals surface area contributed by atoms with Gasteiger partial charge < -0.3 is 14.3 Å². The standard InChI is InChI=1S/C17H17NO4/c1-13(18-20-2)17(19)22-16-11-7-6-10-15(16)21-12-14-8-4-3-5-9-14/h3-11H,12H2,1-2H3. The molecule has 0 unspecified atom stereocenters. The lowest BCUT2D eigenvalue weighted by atomic mass is 10.2. The van der Waals surface area contributed by atoms with Crippen LogP contribution in [0.1, 0.15) is 12.5 Å². The summed E-state index contributed by atoms with van der Waals surface area (Å²) in [5, 5.41) is 3.55. The number of para-hydroxylation sites is 2.